The molecule has 2 rings (SSSR count). The molecule has 0 bridgehead atoms. The standard InChI is InChI=1S/C14H16N2O3S/c1-18-11-5-6-12(15)13(8-11)20(17)9-10-4-3-7-16-14(10)19-2/h3-8H,9,15H2,1-2H3. The highest BCUT2D eigenvalue weighted by molar-refractivity contribution is 7.84. The largest absolute Gasteiger partial charge is 0.497 e. The molecule has 0 saturated carbocycles. The lowest BCUT2D eigenvalue weighted by atomic mass is 10.3. The van der Waals surface area contributed by atoms with E-state index in [0.717, 1.165) is 5.56 Å². The number of aromatic nitrogens is 1. The Morgan fingerprint density at radius 1 is 1.25 bits per heavy atom. The number of ether oxygens (including phenoxy) is 2. The quantitative estimate of drug-likeness (QED) is 0.853. The number of nitrogens with zero attached hydrogens (tertiary/aromatic N) is 1. The average molecular weight is 292 g/mol. The summed E-state index contributed by atoms with van der Waals surface area (Å²) in [5.74, 6) is 1.39. The van der Waals surface area contributed by atoms with Crippen LogP contribution in [-0.2, 0) is 16.6 Å². The van der Waals surface area contributed by atoms with Crippen molar-refractivity contribution in [2.24, 2.45) is 0 Å². The number of hydrogen-bond donors (Lipinski definition) is 1. The lowest BCUT2D eigenvalue weighted by Crippen LogP contribution is -2.03. The van der Waals surface area contributed by atoms with E-state index in [1.807, 2.05) is 6.07 Å². The van der Waals surface area contributed by atoms with Crippen LogP contribution in [-0.4, -0.2) is 23.4 Å². The van der Waals surface area contributed by atoms with Crippen LogP contribution in [0, 0.1) is 0 Å². The second-order valence-corrected chi connectivity index (χ2v) is 5.48. The summed E-state index contributed by atoms with van der Waals surface area (Å²) in [6, 6.07) is 8.73. The molecular weight excluding hydrogens is 276 g/mol. The van der Waals surface area contributed by atoms with Crippen molar-refractivity contribution >= 4 is 16.5 Å². The van der Waals surface area contributed by atoms with E-state index < -0.39 is 10.8 Å². The zero-order chi connectivity index (χ0) is 14.5. The van der Waals surface area contributed by atoms with Crippen molar-refractivity contribution in [3.8, 4) is 11.6 Å². The van der Waals surface area contributed by atoms with Crippen LogP contribution < -0.4 is 15.2 Å². The van der Waals surface area contributed by atoms with Crippen molar-refractivity contribution in [3.63, 3.8) is 0 Å². The van der Waals surface area contributed by atoms with Crippen LogP contribution in [0.4, 0.5) is 5.69 Å². The molecule has 6 heteroatoms. The van der Waals surface area contributed by atoms with Crippen molar-refractivity contribution in [3.05, 3.63) is 42.1 Å². The number of pyridine rings is 1. The molecule has 0 fully saturated rings. The molecule has 1 heterocycles. The predicted molar refractivity (Wildman–Crippen MR) is 78.3 cm³/mol. The van der Waals surface area contributed by atoms with E-state index in [2.05, 4.69) is 4.98 Å². The Labute approximate surface area is 120 Å². The van der Waals surface area contributed by atoms with E-state index in [9.17, 15) is 4.21 Å². The van der Waals surface area contributed by atoms with Gasteiger partial charge in [0.1, 0.15) is 5.75 Å². The van der Waals surface area contributed by atoms with Gasteiger partial charge in [0.05, 0.1) is 35.7 Å². The third-order valence-corrected chi connectivity index (χ3v) is 4.21. The highest BCUT2D eigenvalue weighted by Gasteiger charge is 2.13. The van der Waals surface area contributed by atoms with Crippen molar-refractivity contribution in [1.82, 2.24) is 4.98 Å². The van der Waals surface area contributed by atoms with Crippen LogP contribution in [0.3, 0.4) is 0 Å². The molecule has 0 aliphatic heterocycles. The summed E-state index contributed by atoms with van der Waals surface area (Å²) in [5.41, 5.74) is 7.13. The number of benzene rings is 1. The number of rotatable bonds is 5. The lowest BCUT2D eigenvalue weighted by Gasteiger charge is -2.10. The van der Waals surface area contributed by atoms with Crippen LogP contribution in [0.5, 0.6) is 11.6 Å². The minimum atomic E-state index is -1.29. The van der Waals surface area contributed by atoms with Gasteiger partial charge in [-0.15, -0.1) is 0 Å². The Balaban J connectivity index is 2.28. The van der Waals surface area contributed by atoms with E-state index in [-0.39, 0.29) is 5.75 Å². The summed E-state index contributed by atoms with van der Waals surface area (Å²) >= 11 is 0. The first-order valence-corrected chi connectivity index (χ1v) is 7.27. The highest BCUT2D eigenvalue weighted by Crippen LogP contribution is 2.26. The van der Waals surface area contributed by atoms with Crippen LogP contribution >= 0.6 is 0 Å². The van der Waals surface area contributed by atoms with Gasteiger partial charge in [0.25, 0.3) is 0 Å². The highest BCUT2D eigenvalue weighted by atomic mass is 32.2. The fourth-order valence-corrected chi connectivity index (χ4v) is 3.01. The number of nitrogen functional groups attached to an aromatic ring is 1. The minimum absolute atomic E-state index is 0.286. The molecule has 0 aliphatic rings. The SMILES string of the molecule is COc1ccc(N)c(S(=O)Cc2cccnc2OC)c1. The number of nitrogens with two attached hydrogens (primary N) is 1. The number of methoxy groups -OCH3 is 2. The number of hydrogen-bond acceptors (Lipinski definition) is 5. The fourth-order valence-electron chi connectivity index (χ4n) is 1.78. The van der Waals surface area contributed by atoms with Crippen LogP contribution in [0.25, 0.3) is 0 Å². The topological polar surface area (TPSA) is 74.4 Å². The van der Waals surface area contributed by atoms with Gasteiger partial charge in [-0.2, -0.15) is 0 Å². The molecule has 5 nitrogen and oxygen atoms in total. The van der Waals surface area contributed by atoms with Crippen molar-refractivity contribution in [1.29, 1.82) is 0 Å². The first-order chi connectivity index (χ1) is 9.65. The normalized spacial score (nSPS) is 11.9. The maximum atomic E-state index is 12.5. The van der Waals surface area contributed by atoms with Gasteiger partial charge in [0, 0.05) is 17.4 Å². The van der Waals surface area contributed by atoms with E-state index in [1.54, 1.807) is 37.6 Å². The third kappa shape index (κ3) is 3.08. The molecule has 1 atom stereocenters. The summed E-state index contributed by atoms with van der Waals surface area (Å²) in [5, 5.41) is 0. The molecule has 1 aromatic heterocycles. The second kappa shape index (κ2) is 6.38. The number of anilines is 1. The zero-order valence-electron chi connectivity index (χ0n) is 11.3. The third-order valence-electron chi connectivity index (χ3n) is 2.80. The summed E-state index contributed by atoms with van der Waals surface area (Å²) in [4.78, 5) is 4.64. The Kier molecular flexibility index (Phi) is 4.57. The first kappa shape index (κ1) is 14.3. The van der Waals surface area contributed by atoms with E-state index >= 15 is 0 Å². The molecule has 0 amide bonds. The van der Waals surface area contributed by atoms with Gasteiger partial charge in [0.2, 0.25) is 5.88 Å². The molecular formula is C14H16N2O3S. The van der Waals surface area contributed by atoms with E-state index in [4.69, 9.17) is 15.2 Å². The van der Waals surface area contributed by atoms with Gasteiger partial charge in [0.15, 0.2) is 0 Å². The predicted octanol–water partition coefficient (Wildman–Crippen LogP) is 1.99. The van der Waals surface area contributed by atoms with Crippen LogP contribution in [0.15, 0.2) is 41.4 Å². The summed E-state index contributed by atoms with van der Waals surface area (Å²) in [6.07, 6.45) is 1.63. The maximum Gasteiger partial charge on any atom is 0.217 e. The Hall–Kier alpha value is -2.08. The molecule has 106 valence electrons. The van der Waals surface area contributed by atoms with Gasteiger partial charge in [-0.25, -0.2) is 4.98 Å². The molecule has 0 radical (unpaired) electrons. The maximum absolute atomic E-state index is 12.5. The van der Waals surface area contributed by atoms with Gasteiger partial charge in [-0.3, -0.25) is 4.21 Å². The fraction of sp³-hybridized carbons (Fsp3) is 0.214. The monoisotopic (exact) mass is 292 g/mol. The van der Waals surface area contributed by atoms with Crippen molar-refractivity contribution < 1.29 is 13.7 Å². The summed E-state index contributed by atoms with van der Waals surface area (Å²) in [7, 11) is 1.80. The zero-order valence-corrected chi connectivity index (χ0v) is 12.1. The molecule has 2 N–H and O–H groups in total. The first-order valence-electron chi connectivity index (χ1n) is 5.95. The molecule has 0 aliphatic carbocycles. The Morgan fingerprint density at radius 3 is 2.75 bits per heavy atom. The van der Waals surface area contributed by atoms with Gasteiger partial charge < -0.3 is 15.2 Å². The lowest BCUT2D eigenvalue weighted by molar-refractivity contribution is 0.394. The molecule has 20 heavy (non-hydrogen) atoms. The van der Waals surface area contributed by atoms with Crippen molar-refractivity contribution in [2.75, 3.05) is 20.0 Å². The van der Waals surface area contributed by atoms with Gasteiger partial charge in [-0.1, -0.05) is 6.07 Å². The smallest absolute Gasteiger partial charge is 0.217 e. The van der Waals surface area contributed by atoms with E-state index in [1.165, 1.54) is 7.11 Å². The second-order valence-electron chi connectivity index (χ2n) is 4.07. The molecule has 0 spiro atoms. The average Bonchev–Trinajstić information content (AvgIpc) is 2.48. The molecule has 1 aromatic carbocycles. The van der Waals surface area contributed by atoms with Crippen LogP contribution in [0.2, 0.25) is 0 Å². The summed E-state index contributed by atoms with van der Waals surface area (Å²) < 4.78 is 22.7. The van der Waals surface area contributed by atoms with Crippen molar-refractivity contribution in [2.45, 2.75) is 10.6 Å². The van der Waals surface area contributed by atoms with E-state index in [0.29, 0.717) is 22.2 Å². The molecule has 1 unspecified atom stereocenters. The molecule has 0 saturated heterocycles. The van der Waals surface area contributed by atoms with Gasteiger partial charge in [-0.05, 0) is 24.3 Å². The van der Waals surface area contributed by atoms with Gasteiger partial charge >= 0.3 is 0 Å². The van der Waals surface area contributed by atoms with Crippen LogP contribution in [0.1, 0.15) is 5.56 Å². The Bertz CT molecular complexity index is 632. The molecule has 2 aromatic rings. The minimum Gasteiger partial charge on any atom is -0.497 e. The summed E-state index contributed by atoms with van der Waals surface area (Å²) in [6.45, 7) is 0. The Morgan fingerprint density at radius 2 is 2.05 bits per heavy atom.